The van der Waals surface area contributed by atoms with Gasteiger partial charge in [-0.2, -0.15) is 0 Å². The molecule has 90 valence electrons. The van der Waals surface area contributed by atoms with Gasteiger partial charge in [-0.1, -0.05) is 26.7 Å². The summed E-state index contributed by atoms with van der Waals surface area (Å²) in [7, 11) is 0. The summed E-state index contributed by atoms with van der Waals surface area (Å²) in [5.41, 5.74) is 1.11. The lowest BCUT2D eigenvalue weighted by Gasteiger charge is -2.18. The Morgan fingerprint density at radius 2 is 2.12 bits per heavy atom. The number of aromatic nitrogens is 1. The summed E-state index contributed by atoms with van der Waals surface area (Å²) in [6.07, 6.45) is 5.44. The van der Waals surface area contributed by atoms with Gasteiger partial charge in [-0.3, -0.25) is 4.98 Å². The molecule has 0 aromatic carbocycles. The van der Waals surface area contributed by atoms with Crippen LogP contribution in [-0.4, -0.2) is 11.5 Å². The van der Waals surface area contributed by atoms with E-state index < -0.39 is 0 Å². The van der Waals surface area contributed by atoms with Crippen LogP contribution in [0.5, 0.6) is 0 Å². The van der Waals surface area contributed by atoms with Gasteiger partial charge in [0.25, 0.3) is 0 Å². The Kier molecular flexibility index (Phi) is 6.54. The Labute approximate surface area is 114 Å². The molecule has 0 aliphatic carbocycles. The third-order valence-corrected chi connectivity index (χ3v) is 3.53. The summed E-state index contributed by atoms with van der Waals surface area (Å²) in [6, 6.07) is 2.41. The number of nitrogens with one attached hydrogen (secondary N) is 1. The molecule has 0 radical (unpaired) electrons. The van der Waals surface area contributed by atoms with Gasteiger partial charge in [-0.05, 0) is 50.9 Å². The standard InChI is InChI=1S/C12H18Br2N2/c1-3-5-6-11(15-4-2)12-10(14)7-9(13)8-16-12/h7-8,11,15H,3-6H2,1-2H3. The van der Waals surface area contributed by atoms with Crippen LogP contribution in [0.1, 0.15) is 44.8 Å². The molecule has 0 aliphatic heterocycles. The fourth-order valence-electron chi connectivity index (χ4n) is 1.67. The highest BCUT2D eigenvalue weighted by atomic mass is 79.9. The number of pyridine rings is 1. The maximum atomic E-state index is 4.49. The van der Waals surface area contributed by atoms with E-state index in [-0.39, 0.29) is 0 Å². The van der Waals surface area contributed by atoms with Crippen LogP contribution in [0, 0.1) is 0 Å². The first-order valence-electron chi connectivity index (χ1n) is 5.73. The van der Waals surface area contributed by atoms with Gasteiger partial charge in [0.15, 0.2) is 0 Å². The van der Waals surface area contributed by atoms with Crippen LogP contribution in [0.2, 0.25) is 0 Å². The molecule has 0 saturated carbocycles. The lowest BCUT2D eigenvalue weighted by molar-refractivity contribution is 0.482. The Morgan fingerprint density at radius 1 is 1.38 bits per heavy atom. The molecule has 1 heterocycles. The maximum Gasteiger partial charge on any atom is 0.0715 e. The van der Waals surface area contributed by atoms with Crippen molar-refractivity contribution in [2.24, 2.45) is 0 Å². The Hall–Kier alpha value is 0.0700. The lowest BCUT2D eigenvalue weighted by atomic mass is 10.1. The van der Waals surface area contributed by atoms with Gasteiger partial charge in [0.05, 0.1) is 11.7 Å². The molecule has 1 unspecified atom stereocenters. The van der Waals surface area contributed by atoms with E-state index in [2.05, 4.69) is 62.1 Å². The molecule has 4 heteroatoms. The zero-order chi connectivity index (χ0) is 12.0. The monoisotopic (exact) mass is 348 g/mol. The highest BCUT2D eigenvalue weighted by molar-refractivity contribution is 9.11. The molecule has 2 nitrogen and oxygen atoms in total. The zero-order valence-electron chi connectivity index (χ0n) is 9.76. The molecule has 0 aliphatic rings. The predicted octanol–water partition coefficient (Wildman–Crippen LogP) is 4.45. The minimum atomic E-state index is 0.354. The molecule has 1 rings (SSSR count). The largest absolute Gasteiger partial charge is 0.309 e. The first-order chi connectivity index (χ1) is 7.69. The summed E-state index contributed by atoms with van der Waals surface area (Å²) < 4.78 is 2.08. The molecule has 0 amide bonds. The van der Waals surface area contributed by atoms with Crippen molar-refractivity contribution in [1.82, 2.24) is 10.3 Å². The van der Waals surface area contributed by atoms with Gasteiger partial charge < -0.3 is 5.32 Å². The summed E-state index contributed by atoms with van der Waals surface area (Å²) in [6.45, 7) is 5.32. The average Bonchev–Trinajstić information content (AvgIpc) is 2.25. The molecular formula is C12H18Br2N2. The van der Waals surface area contributed by atoms with Gasteiger partial charge in [-0.25, -0.2) is 0 Å². The zero-order valence-corrected chi connectivity index (χ0v) is 12.9. The molecule has 1 N–H and O–H groups in total. The number of hydrogen-bond acceptors (Lipinski definition) is 2. The van der Waals surface area contributed by atoms with Crippen molar-refractivity contribution in [3.63, 3.8) is 0 Å². The second-order valence-corrected chi connectivity index (χ2v) is 5.54. The first-order valence-corrected chi connectivity index (χ1v) is 7.32. The Morgan fingerprint density at radius 3 is 2.69 bits per heavy atom. The second-order valence-electron chi connectivity index (χ2n) is 3.77. The van der Waals surface area contributed by atoms with Gasteiger partial charge in [0.1, 0.15) is 0 Å². The fraction of sp³-hybridized carbons (Fsp3) is 0.583. The van der Waals surface area contributed by atoms with Gasteiger partial charge in [0, 0.05) is 15.1 Å². The van der Waals surface area contributed by atoms with Crippen LogP contribution in [0.15, 0.2) is 21.2 Å². The molecule has 1 atom stereocenters. The molecule has 0 saturated heterocycles. The molecule has 1 aromatic rings. The number of halogens is 2. The third-order valence-electron chi connectivity index (χ3n) is 2.46. The van der Waals surface area contributed by atoms with E-state index in [1.54, 1.807) is 0 Å². The normalized spacial score (nSPS) is 12.8. The maximum absolute atomic E-state index is 4.49. The number of hydrogen-bond donors (Lipinski definition) is 1. The summed E-state index contributed by atoms with van der Waals surface area (Å²) >= 11 is 7.00. The predicted molar refractivity (Wildman–Crippen MR) is 75.6 cm³/mol. The van der Waals surface area contributed by atoms with Crippen molar-refractivity contribution >= 4 is 31.9 Å². The quantitative estimate of drug-likeness (QED) is 0.820. The van der Waals surface area contributed by atoms with E-state index in [0.717, 1.165) is 27.6 Å². The van der Waals surface area contributed by atoms with Crippen molar-refractivity contribution in [1.29, 1.82) is 0 Å². The number of nitrogens with zero attached hydrogens (tertiary/aromatic N) is 1. The molecule has 0 bridgehead atoms. The molecule has 1 aromatic heterocycles. The second kappa shape index (κ2) is 7.41. The molecular weight excluding hydrogens is 332 g/mol. The highest BCUT2D eigenvalue weighted by Crippen LogP contribution is 2.27. The van der Waals surface area contributed by atoms with E-state index in [1.807, 2.05) is 6.20 Å². The van der Waals surface area contributed by atoms with Crippen LogP contribution in [-0.2, 0) is 0 Å². The van der Waals surface area contributed by atoms with Gasteiger partial charge >= 0.3 is 0 Å². The third kappa shape index (κ3) is 4.15. The van der Waals surface area contributed by atoms with E-state index in [1.165, 1.54) is 12.8 Å². The van der Waals surface area contributed by atoms with E-state index in [4.69, 9.17) is 0 Å². The van der Waals surface area contributed by atoms with Crippen molar-refractivity contribution < 1.29 is 0 Å². The minimum Gasteiger partial charge on any atom is -0.309 e. The van der Waals surface area contributed by atoms with Crippen LogP contribution in [0.25, 0.3) is 0 Å². The van der Waals surface area contributed by atoms with Crippen molar-refractivity contribution in [2.75, 3.05) is 6.54 Å². The molecule has 16 heavy (non-hydrogen) atoms. The number of unbranched alkanes of at least 4 members (excludes halogenated alkanes) is 1. The smallest absolute Gasteiger partial charge is 0.0715 e. The van der Waals surface area contributed by atoms with Crippen LogP contribution < -0.4 is 5.32 Å². The summed E-state index contributed by atoms with van der Waals surface area (Å²) in [4.78, 5) is 4.49. The fourth-order valence-corrected chi connectivity index (χ4v) is 2.94. The Bertz CT molecular complexity index is 329. The topological polar surface area (TPSA) is 24.9 Å². The van der Waals surface area contributed by atoms with Crippen molar-refractivity contribution in [2.45, 2.75) is 39.2 Å². The van der Waals surface area contributed by atoms with E-state index in [9.17, 15) is 0 Å². The van der Waals surface area contributed by atoms with Crippen LogP contribution >= 0.6 is 31.9 Å². The molecule has 0 fully saturated rings. The minimum absolute atomic E-state index is 0.354. The highest BCUT2D eigenvalue weighted by Gasteiger charge is 2.14. The van der Waals surface area contributed by atoms with Gasteiger partial charge in [-0.15, -0.1) is 0 Å². The number of rotatable bonds is 6. The lowest BCUT2D eigenvalue weighted by Crippen LogP contribution is -2.22. The Balaban J connectivity index is 2.82. The summed E-state index contributed by atoms with van der Waals surface area (Å²) in [5.74, 6) is 0. The summed E-state index contributed by atoms with van der Waals surface area (Å²) in [5, 5.41) is 3.49. The van der Waals surface area contributed by atoms with E-state index >= 15 is 0 Å². The SMILES string of the molecule is CCCCC(NCC)c1ncc(Br)cc1Br. The first kappa shape index (κ1) is 14.1. The van der Waals surface area contributed by atoms with Crippen molar-refractivity contribution in [3.05, 3.63) is 26.9 Å². The van der Waals surface area contributed by atoms with Crippen LogP contribution in [0.3, 0.4) is 0 Å². The molecule has 0 spiro atoms. The van der Waals surface area contributed by atoms with Crippen molar-refractivity contribution in [3.8, 4) is 0 Å². The van der Waals surface area contributed by atoms with E-state index in [0.29, 0.717) is 6.04 Å². The van der Waals surface area contributed by atoms with Crippen LogP contribution in [0.4, 0.5) is 0 Å². The van der Waals surface area contributed by atoms with Gasteiger partial charge in [0.2, 0.25) is 0 Å². The average molecular weight is 350 g/mol.